The quantitative estimate of drug-likeness (QED) is 0.914. The van der Waals surface area contributed by atoms with E-state index in [1.165, 1.54) is 29.3 Å². The first-order valence-electron chi connectivity index (χ1n) is 7.05. The molecular weight excluding hydrogens is 236 g/mol. The van der Waals surface area contributed by atoms with E-state index in [-0.39, 0.29) is 10.8 Å². The zero-order chi connectivity index (χ0) is 13.1. The minimum atomic E-state index is 0.155. The smallest absolute Gasteiger partial charge is 0.0592 e. The normalized spacial score (nSPS) is 23.3. The van der Waals surface area contributed by atoms with Crippen molar-refractivity contribution in [2.24, 2.45) is 18.2 Å². The number of aromatic nitrogens is 1. The van der Waals surface area contributed by atoms with Crippen molar-refractivity contribution in [3.05, 3.63) is 36.0 Å². The molecule has 2 heterocycles. The van der Waals surface area contributed by atoms with E-state index in [9.17, 15) is 0 Å². The highest BCUT2D eigenvalue weighted by Gasteiger charge is 2.63. The van der Waals surface area contributed by atoms with Crippen LogP contribution in [0.3, 0.4) is 0 Å². The first-order valence-corrected chi connectivity index (χ1v) is 7.05. The molecule has 1 aliphatic heterocycles. The fourth-order valence-corrected chi connectivity index (χ4v) is 3.81. The van der Waals surface area contributed by atoms with Crippen molar-refractivity contribution in [3.8, 4) is 0 Å². The predicted octanol–water partition coefficient (Wildman–Crippen LogP) is 2.19. The minimum absolute atomic E-state index is 0.155. The number of para-hydroxylation sites is 1. The van der Waals surface area contributed by atoms with Crippen LogP contribution in [0.1, 0.15) is 18.4 Å². The lowest BCUT2D eigenvalue weighted by Crippen LogP contribution is -2.55. The van der Waals surface area contributed by atoms with Gasteiger partial charge >= 0.3 is 0 Å². The summed E-state index contributed by atoms with van der Waals surface area (Å²) >= 11 is 0. The number of benzene rings is 1. The highest BCUT2D eigenvalue weighted by molar-refractivity contribution is 5.85. The van der Waals surface area contributed by atoms with Crippen LogP contribution < -0.4 is 5.73 Å². The summed E-state index contributed by atoms with van der Waals surface area (Å²) < 4.78 is 7.85. The zero-order valence-corrected chi connectivity index (χ0v) is 11.4. The second kappa shape index (κ2) is 3.62. The van der Waals surface area contributed by atoms with Gasteiger partial charge in [0.05, 0.1) is 18.6 Å². The van der Waals surface area contributed by atoms with Gasteiger partial charge in [0.25, 0.3) is 0 Å². The molecule has 1 aromatic heterocycles. The summed E-state index contributed by atoms with van der Waals surface area (Å²) in [5, 5.41) is 1.37. The van der Waals surface area contributed by atoms with E-state index in [0.717, 1.165) is 19.8 Å². The zero-order valence-electron chi connectivity index (χ0n) is 11.4. The van der Waals surface area contributed by atoms with Crippen molar-refractivity contribution in [2.45, 2.75) is 18.3 Å². The Hall–Kier alpha value is -1.32. The van der Waals surface area contributed by atoms with Gasteiger partial charge in [-0.3, -0.25) is 0 Å². The molecule has 100 valence electrons. The Morgan fingerprint density at radius 1 is 1.26 bits per heavy atom. The summed E-state index contributed by atoms with van der Waals surface area (Å²) in [6.45, 7) is 2.44. The largest absolute Gasteiger partial charge is 0.379 e. The lowest BCUT2D eigenvalue weighted by atomic mass is 9.66. The van der Waals surface area contributed by atoms with Crippen LogP contribution in [0, 0.1) is 5.41 Å². The Labute approximate surface area is 113 Å². The van der Waals surface area contributed by atoms with Crippen molar-refractivity contribution >= 4 is 10.9 Å². The fraction of sp³-hybridized carbons (Fsp3) is 0.500. The third kappa shape index (κ3) is 1.30. The van der Waals surface area contributed by atoms with Gasteiger partial charge in [0.2, 0.25) is 0 Å². The second-order valence-electron chi connectivity index (χ2n) is 6.23. The predicted molar refractivity (Wildman–Crippen MR) is 76.1 cm³/mol. The van der Waals surface area contributed by atoms with Crippen molar-refractivity contribution in [1.82, 2.24) is 4.57 Å². The van der Waals surface area contributed by atoms with Crippen LogP contribution in [-0.2, 0) is 17.2 Å². The fourth-order valence-electron chi connectivity index (χ4n) is 3.81. The van der Waals surface area contributed by atoms with Crippen LogP contribution in [0.2, 0.25) is 0 Å². The summed E-state index contributed by atoms with van der Waals surface area (Å²) in [5.41, 5.74) is 9.28. The molecule has 0 bridgehead atoms. The van der Waals surface area contributed by atoms with E-state index in [0.29, 0.717) is 0 Å². The molecule has 1 aromatic carbocycles. The highest BCUT2D eigenvalue weighted by atomic mass is 16.5. The average Bonchev–Trinajstić information content (AvgIpc) is 3.11. The Morgan fingerprint density at radius 3 is 2.58 bits per heavy atom. The van der Waals surface area contributed by atoms with E-state index < -0.39 is 0 Å². The van der Waals surface area contributed by atoms with E-state index in [1.807, 2.05) is 0 Å². The van der Waals surface area contributed by atoms with Gasteiger partial charge in [0.15, 0.2) is 0 Å². The van der Waals surface area contributed by atoms with E-state index in [2.05, 4.69) is 42.1 Å². The first kappa shape index (κ1) is 11.5. The average molecular weight is 256 g/mol. The van der Waals surface area contributed by atoms with Crippen molar-refractivity contribution in [3.63, 3.8) is 0 Å². The Bertz CT molecular complexity index is 635. The molecule has 0 radical (unpaired) electrons. The maximum Gasteiger partial charge on any atom is 0.0592 e. The summed E-state index contributed by atoms with van der Waals surface area (Å²) in [6.07, 6.45) is 4.79. The van der Waals surface area contributed by atoms with Gasteiger partial charge in [-0.15, -0.1) is 0 Å². The summed E-state index contributed by atoms with van der Waals surface area (Å²) in [5.74, 6) is 0. The van der Waals surface area contributed by atoms with Gasteiger partial charge in [0, 0.05) is 24.1 Å². The standard InChI is InChI=1S/C16H20N2O/c1-18-8-13(12-4-2-3-5-14(12)18)16(10-19-11-16)15(9-17)6-7-15/h2-5,8H,6-7,9-11,17H2,1H3. The van der Waals surface area contributed by atoms with Gasteiger partial charge in [-0.2, -0.15) is 0 Å². The molecule has 2 aromatic rings. The van der Waals surface area contributed by atoms with Crippen LogP contribution in [0.5, 0.6) is 0 Å². The van der Waals surface area contributed by atoms with Crippen LogP contribution >= 0.6 is 0 Å². The summed E-state index contributed by atoms with van der Waals surface area (Å²) in [6, 6.07) is 8.65. The third-order valence-electron chi connectivity index (χ3n) is 5.37. The Kier molecular flexibility index (Phi) is 2.19. The second-order valence-corrected chi connectivity index (χ2v) is 6.23. The molecule has 1 saturated carbocycles. The molecule has 3 heteroatoms. The number of aryl methyl sites for hydroxylation is 1. The number of nitrogens with two attached hydrogens (primary N) is 1. The highest BCUT2D eigenvalue weighted by Crippen LogP contribution is 2.62. The van der Waals surface area contributed by atoms with E-state index in [1.54, 1.807) is 0 Å². The van der Waals surface area contributed by atoms with Crippen molar-refractivity contribution < 1.29 is 4.74 Å². The molecule has 0 amide bonds. The third-order valence-corrected chi connectivity index (χ3v) is 5.37. The topological polar surface area (TPSA) is 40.2 Å². The van der Waals surface area contributed by atoms with Crippen molar-refractivity contribution in [1.29, 1.82) is 0 Å². The molecule has 0 unspecified atom stereocenters. The molecule has 4 rings (SSSR count). The lowest BCUT2D eigenvalue weighted by Gasteiger charge is -2.48. The van der Waals surface area contributed by atoms with Gasteiger partial charge in [-0.05, 0) is 36.4 Å². The lowest BCUT2D eigenvalue weighted by molar-refractivity contribution is -0.0965. The molecule has 1 saturated heterocycles. The molecule has 3 nitrogen and oxygen atoms in total. The minimum Gasteiger partial charge on any atom is -0.379 e. The molecule has 0 spiro atoms. The van der Waals surface area contributed by atoms with Crippen LogP contribution in [-0.4, -0.2) is 24.3 Å². The number of hydrogen-bond acceptors (Lipinski definition) is 2. The maximum atomic E-state index is 6.09. The van der Waals surface area contributed by atoms with Crippen molar-refractivity contribution in [2.75, 3.05) is 19.8 Å². The molecule has 19 heavy (non-hydrogen) atoms. The molecule has 1 aliphatic carbocycles. The van der Waals surface area contributed by atoms with Gasteiger partial charge < -0.3 is 15.0 Å². The Morgan fingerprint density at radius 2 is 2.00 bits per heavy atom. The molecule has 2 aliphatic rings. The van der Waals surface area contributed by atoms with Crippen LogP contribution in [0.4, 0.5) is 0 Å². The number of hydrogen-bond donors (Lipinski definition) is 1. The van der Waals surface area contributed by atoms with Gasteiger partial charge in [-0.1, -0.05) is 18.2 Å². The van der Waals surface area contributed by atoms with Gasteiger partial charge in [0.1, 0.15) is 0 Å². The first-order chi connectivity index (χ1) is 9.22. The molecule has 2 N–H and O–H groups in total. The van der Waals surface area contributed by atoms with E-state index in [4.69, 9.17) is 10.5 Å². The Balaban J connectivity index is 1.94. The number of nitrogens with zero attached hydrogens (tertiary/aromatic N) is 1. The number of fused-ring (bicyclic) bond motifs is 1. The van der Waals surface area contributed by atoms with Crippen LogP contribution in [0.25, 0.3) is 10.9 Å². The SMILES string of the molecule is Cn1cc(C2(C3(CN)CC3)COC2)c2ccccc21. The van der Waals surface area contributed by atoms with Crippen LogP contribution in [0.15, 0.2) is 30.5 Å². The summed E-state index contributed by atoms with van der Waals surface area (Å²) in [7, 11) is 2.13. The maximum absolute atomic E-state index is 6.09. The number of rotatable bonds is 3. The number of ether oxygens (including phenoxy) is 1. The van der Waals surface area contributed by atoms with Gasteiger partial charge in [-0.25, -0.2) is 0 Å². The summed E-state index contributed by atoms with van der Waals surface area (Å²) in [4.78, 5) is 0. The molecular formula is C16H20N2O. The monoisotopic (exact) mass is 256 g/mol. The molecule has 0 atom stereocenters. The molecule has 2 fully saturated rings. The van der Waals surface area contributed by atoms with E-state index >= 15 is 0 Å².